The fourth-order valence-corrected chi connectivity index (χ4v) is 2.21. The molecule has 1 fully saturated rings. The van der Waals surface area contributed by atoms with Crippen LogP contribution in [0.4, 0.5) is 0 Å². The van der Waals surface area contributed by atoms with Gasteiger partial charge in [-0.15, -0.1) is 0 Å². The number of fused-ring (bicyclic) bond motifs is 1. The van der Waals surface area contributed by atoms with E-state index in [1.807, 2.05) is 12.1 Å². The number of halogens is 1. The van der Waals surface area contributed by atoms with Gasteiger partial charge in [-0.1, -0.05) is 17.7 Å². The summed E-state index contributed by atoms with van der Waals surface area (Å²) in [6, 6.07) is 6.01. The first-order valence-electron chi connectivity index (χ1n) is 5.79. The van der Waals surface area contributed by atoms with Gasteiger partial charge in [0.1, 0.15) is 0 Å². The van der Waals surface area contributed by atoms with Crippen LogP contribution in [0.25, 0.3) is 10.9 Å². The average molecular weight is 235 g/mol. The quantitative estimate of drug-likeness (QED) is 0.835. The molecule has 3 rings (SSSR count). The fourth-order valence-electron chi connectivity index (χ4n) is 2.04. The summed E-state index contributed by atoms with van der Waals surface area (Å²) in [4.78, 5) is 3.26. The van der Waals surface area contributed by atoms with Crippen LogP contribution in [0.1, 0.15) is 18.4 Å². The Morgan fingerprint density at radius 1 is 1.38 bits per heavy atom. The minimum absolute atomic E-state index is 0.784. The predicted octanol–water partition coefficient (Wildman–Crippen LogP) is 3.32. The molecule has 84 valence electrons. The maximum Gasteiger partial charge on any atom is 0.0472 e. The molecule has 0 saturated heterocycles. The highest BCUT2D eigenvalue weighted by atomic mass is 35.5. The van der Waals surface area contributed by atoms with Crippen molar-refractivity contribution in [2.75, 3.05) is 6.54 Å². The minimum atomic E-state index is 0.784. The van der Waals surface area contributed by atoms with Crippen LogP contribution in [0.5, 0.6) is 0 Å². The zero-order chi connectivity index (χ0) is 11.0. The van der Waals surface area contributed by atoms with E-state index < -0.39 is 0 Å². The Morgan fingerprint density at radius 3 is 3.06 bits per heavy atom. The summed E-state index contributed by atoms with van der Waals surface area (Å²) in [6.45, 7) is 2.10. The Labute approximate surface area is 100.0 Å². The van der Waals surface area contributed by atoms with Crippen LogP contribution in [0.2, 0.25) is 5.02 Å². The van der Waals surface area contributed by atoms with Gasteiger partial charge in [-0.2, -0.15) is 0 Å². The van der Waals surface area contributed by atoms with Crippen molar-refractivity contribution in [2.24, 2.45) is 5.92 Å². The summed E-state index contributed by atoms with van der Waals surface area (Å²) in [6.07, 6.45) is 4.87. The van der Waals surface area contributed by atoms with Crippen LogP contribution in [-0.2, 0) is 6.54 Å². The molecule has 16 heavy (non-hydrogen) atoms. The largest absolute Gasteiger partial charge is 0.361 e. The van der Waals surface area contributed by atoms with E-state index in [1.54, 1.807) is 0 Å². The Morgan fingerprint density at radius 2 is 2.25 bits per heavy atom. The molecule has 0 bridgehead atoms. The van der Waals surface area contributed by atoms with Gasteiger partial charge in [0.2, 0.25) is 0 Å². The third-order valence-corrected chi connectivity index (χ3v) is 3.41. The molecule has 0 aliphatic heterocycles. The lowest BCUT2D eigenvalue weighted by atomic mass is 10.2. The van der Waals surface area contributed by atoms with Gasteiger partial charge in [-0.05, 0) is 43.0 Å². The van der Waals surface area contributed by atoms with E-state index in [-0.39, 0.29) is 0 Å². The Kier molecular flexibility index (Phi) is 2.62. The lowest BCUT2D eigenvalue weighted by Crippen LogP contribution is -2.15. The van der Waals surface area contributed by atoms with Gasteiger partial charge in [0, 0.05) is 28.7 Å². The molecule has 1 aliphatic rings. The van der Waals surface area contributed by atoms with Gasteiger partial charge in [-0.25, -0.2) is 0 Å². The molecule has 0 unspecified atom stereocenters. The highest BCUT2D eigenvalue weighted by Crippen LogP contribution is 2.28. The van der Waals surface area contributed by atoms with Crippen molar-refractivity contribution < 1.29 is 0 Å². The van der Waals surface area contributed by atoms with Gasteiger partial charge in [0.25, 0.3) is 0 Å². The summed E-state index contributed by atoms with van der Waals surface area (Å²) >= 11 is 5.95. The Balaban J connectivity index is 1.75. The van der Waals surface area contributed by atoms with E-state index in [4.69, 9.17) is 11.6 Å². The first kappa shape index (κ1) is 10.2. The molecule has 2 N–H and O–H groups in total. The second-order valence-corrected chi connectivity index (χ2v) is 5.01. The van der Waals surface area contributed by atoms with Gasteiger partial charge >= 0.3 is 0 Å². The fraction of sp³-hybridized carbons (Fsp3) is 0.385. The molecule has 0 radical (unpaired) electrons. The molecule has 1 saturated carbocycles. The predicted molar refractivity (Wildman–Crippen MR) is 67.7 cm³/mol. The highest BCUT2D eigenvalue weighted by Gasteiger charge is 2.20. The molecule has 2 nitrogen and oxygen atoms in total. The number of aromatic amines is 1. The average Bonchev–Trinajstić information content (AvgIpc) is 3.00. The van der Waals surface area contributed by atoms with E-state index in [1.165, 1.54) is 23.8 Å². The molecule has 3 heteroatoms. The molecule has 1 heterocycles. The maximum atomic E-state index is 5.95. The van der Waals surface area contributed by atoms with Crippen LogP contribution in [0.15, 0.2) is 24.4 Å². The normalized spacial score (nSPS) is 15.8. The molecule has 1 aromatic heterocycles. The Bertz CT molecular complexity index is 500. The first-order valence-corrected chi connectivity index (χ1v) is 6.17. The molecular formula is C13H15ClN2. The SMILES string of the molecule is Clc1ccc2c(CNCC3CC3)c[nH]c2c1. The van der Waals surface area contributed by atoms with Crippen molar-refractivity contribution in [3.63, 3.8) is 0 Å². The minimum Gasteiger partial charge on any atom is -0.361 e. The smallest absolute Gasteiger partial charge is 0.0472 e. The van der Waals surface area contributed by atoms with Gasteiger partial charge in [0.15, 0.2) is 0 Å². The standard InChI is InChI=1S/C13H15ClN2/c14-11-3-4-12-10(8-16-13(12)5-11)7-15-6-9-1-2-9/h3-5,8-9,15-16H,1-2,6-7H2. The van der Waals surface area contributed by atoms with E-state index in [2.05, 4.69) is 22.6 Å². The highest BCUT2D eigenvalue weighted by molar-refractivity contribution is 6.31. The zero-order valence-electron chi connectivity index (χ0n) is 9.09. The Hall–Kier alpha value is -0.990. The van der Waals surface area contributed by atoms with Crippen molar-refractivity contribution in [1.29, 1.82) is 0 Å². The van der Waals surface area contributed by atoms with Crippen molar-refractivity contribution in [3.05, 3.63) is 35.0 Å². The second-order valence-electron chi connectivity index (χ2n) is 4.58. The number of H-pyrrole nitrogens is 1. The molecule has 1 aromatic carbocycles. The zero-order valence-corrected chi connectivity index (χ0v) is 9.85. The third kappa shape index (κ3) is 2.08. The molecule has 2 aromatic rings. The van der Waals surface area contributed by atoms with Crippen LogP contribution in [0.3, 0.4) is 0 Å². The van der Waals surface area contributed by atoms with Crippen LogP contribution in [-0.4, -0.2) is 11.5 Å². The van der Waals surface area contributed by atoms with Crippen molar-refractivity contribution in [3.8, 4) is 0 Å². The summed E-state index contributed by atoms with van der Waals surface area (Å²) in [5, 5.41) is 5.56. The topological polar surface area (TPSA) is 27.8 Å². The van der Waals surface area contributed by atoms with Crippen molar-refractivity contribution in [1.82, 2.24) is 10.3 Å². The third-order valence-electron chi connectivity index (χ3n) is 3.17. The van der Waals surface area contributed by atoms with E-state index >= 15 is 0 Å². The monoisotopic (exact) mass is 234 g/mol. The second kappa shape index (κ2) is 4.11. The van der Waals surface area contributed by atoms with Crippen LogP contribution < -0.4 is 5.32 Å². The molecular weight excluding hydrogens is 220 g/mol. The van der Waals surface area contributed by atoms with E-state index in [0.717, 1.165) is 29.5 Å². The summed E-state index contributed by atoms with van der Waals surface area (Å²) in [7, 11) is 0. The van der Waals surface area contributed by atoms with Crippen molar-refractivity contribution in [2.45, 2.75) is 19.4 Å². The number of nitrogens with one attached hydrogen (secondary N) is 2. The van der Waals surface area contributed by atoms with Gasteiger partial charge in [-0.3, -0.25) is 0 Å². The molecule has 0 amide bonds. The number of hydrogen-bond donors (Lipinski definition) is 2. The molecule has 1 aliphatic carbocycles. The summed E-state index contributed by atoms with van der Waals surface area (Å²) in [5.41, 5.74) is 2.45. The lowest BCUT2D eigenvalue weighted by Gasteiger charge is -2.02. The maximum absolute atomic E-state index is 5.95. The molecule has 0 spiro atoms. The van der Waals surface area contributed by atoms with Crippen LogP contribution >= 0.6 is 11.6 Å². The van der Waals surface area contributed by atoms with Gasteiger partial charge < -0.3 is 10.3 Å². The van der Waals surface area contributed by atoms with E-state index in [9.17, 15) is 0 Å². The van der Waals surface area contributed by atoms with Gasteiger partial charge in [0.05, 0.1) is 0 Å². The lowest BCUT2D eigenvalue weighted by molar-refractivity contribution is 0.641. The number of aromatic nitrogens is 1. The number of rotatable bonds is 4. The molecule has 0 atom stereocenters. The van der Waals surface area contributed by atoms with Crippen LogP contribution in [0, 0.1) is 5.92 Å². The number of hydrogen-bond acceptors (Lipinski definition) is 1. The van der Waals surface area contributed by atoms with E-state index in [0.29, 0.717) is 0 Å². The number of benzene rings is 1. The first-order chi connectivity index (χ1) is 7.83. The summed E-state index contributed by atoms with van der Waals surface area (Å²) in [5.74, 6) is 0.930. The summed E-state index contributed by atoms with van der Waals surface area (Å²) < 4.78 is 0. The van der Waals surface area contributed by atoms with Crippen molar-refractivity contribution >= 4 is 22.5 Å².